The molecule has 29 heavy (non-hydrogen) atoms. The van der Waals surface area contributed by atoms with E-state index in [0.29, 0.717) is 11.1 Å². The molecule has 0 bridgehead atoms. The van der Waals surface area contributed by atoms with Gasteiger partial charge >= 0.3 is 5.97 Å². The van der Waals surface area contributed by atoms with Gasteiger partial charge in [-0.25, -0.2) is 9.18 Å². The maximum absolute atomic E-state index is 13.9. The topological polar surface area (TPSA) is 54.0 Å². The Kier molecular flexibility index (Phi) is 7.75. The standard InChI is InChI=1S/C23H27FO5/c1-3-9-21-27-15-20(26-14-18-12-7-8-13-19(18)24)22(29-21)16(2)28-23(25)17-10-5-4-6-11-17/h4-8,10-13,16,20-22H,3,9,14-15H2,1-2H3/t16?,20-,21+,22-/m1/s1. The smallest absolute Gasteiger partial charge is 0.338 e. The van der Waals surface area contributed by atoms with E-state index in [0.717, 1.165) is 12.8 Å². The fourth-order valence-electron chi connectivity index (χ4n) is 3.23. The van der Waals surface area contributed by atoms with Crippen LogP contribution in [0.3, 0.4) is 0 Å². The van der Waals surface area contributed by atoms with Gasteiger partial charge in [-0.3, -0.25) is 0 Å². The van der Waals surface area contributed by atoms with E-state index in [2.05, 4.69) is 0 Å². The third-order valence-corrected chi connectivity index (χ3v) is 4.82. The van der Waals surface area contributed by atoms with Crippen molar-refractivity contribution in [1.29, 1.82) is 0 Å². The van der Waals surface area contributed by atoms with Gasteiger partial charge in [-0.2, -0.15) is 0 Å². The molecule has 156 valence electrons. The summed E-state index contributed by atoms with van der Waals surface area (Å²) in [7, 11) is 0. The molecule has 5 nitrogen and oxygen atoms in total. The average molecular weight is 402 g/mol. The van der Waals surface area contributed by atoms with Crippen molar-refractivity contribution in [3.63, 3.8) is 0 Å². The summed E-state index contributed by atoms with van der Waals surface area (Å²) < 4.78 is 37.2. The van der Waals surface area contributed by atoms with Crippen molar-refractivity contribution in [2.24, 2.45) is 0 Å². The number of carbonyl (C=O) groups excluding carboxylic acids is 1. The maximum Gasteiger partial charge on any atom is 0.338 e. The summed E-state index contributed by atoms with van der Waals surface area (Å²) in [5, 5.41) is 0. The molecule has 1 heterocycles. The van der Waals surface area contributed by atoms with Gasteiger partial charge < -0.3 is 18.9 Å². The van der Waals surface area contributed by atoms with Crippen molar-refractivity contribution in [2.75, 3.05) is 6.61 Å². The number of esters is 1. The van der Waals surface area contributed by atoms with Gasteiger partial charge in [0, 0.05) is 5.56 Å². The summed E-state index contributed by atoms with van der Waals surface area (Å²) in [5.41, 5.74) is 0.927. The Morgan fingerprint density at radius 1 is 1.17 bits per heavy atom. The Balaban J connectivity index is 1.67. The zero-order chi connectivity index (χ0) is 20.6. The molecule has 1 aliphatic rings. The number of halogens is 1. The quantitative estimate of drug-likeness (QED) is 0.609. The minimum atomic E-state index is -0.559. The number of hydrogen-bond acceptors (Lipinski definition) is 5. The monoisotopic (exact) mass is 402 g/mol. The molecule has 2 aromatic carbocycles. The molecule has 0 amide bonds. The Morgan fingerprint density at radius 2 is 1.90 bits per heavy atom. The number of benzene rings is 2. The van der Waals surface area contributed by atoms with Gasteiger partial charge in [0.1, 0.15) is 24.1 Å². The molecular weight excluding hydrogens is 375 g/mol. The molecule has 0 aromatic heterocycles. The highest BCUT2D eigenvalue weighted by Crippen LogP contribution is 2.25. The lowest BCUT2D eigenvalue weighted by Crippen LogP contribution is -2.51. The summed E-state index contributed by atoms with van der Waals surface area (Å²) in [5.74, 6) is -0.748. The average Bonchev–Trinajstić information content (AvgIpc) is 2.74. The lowest BCUT2D eigenvalue weighted by Gasteiger charge is -2.38. The first-order valence-electron chi connectivity index (χ1n) is 9.96. The molecule has 0 radical (unpaired) electrons. The molecule has 0 aliphatic carbocycles. The van der Waals surface area contributed by atoms with Crippen LogP contribution < -0.4 is 0 Å². The molecule has 0 saturated carbocycles. The first-order chi connectivity index (χ1) is 14.1. The van der Waals surface area contributed by atoms with Crippen LogP contribution in [0.2, 0.25) is 0 Å². The van der Waals surface area contributed by atoms with Gasteiger partial charge in [-0.1, -0.05) is 49.7 Å². The molecule has 1 aliphatic heterocycles. The van der Waals surface area contributed by atoms with E-state index in [1.165, 1.54) is 6.07 Å². The second kappa shape index (κ2) is 10.5. The molecule has 1 unspecified atom stereocenters. The second-order valence-electron chi connectivity index (χ2n) is 7.07. The van der Waals surface area contributed by atoms with Crippen LogP contribution in [0.25, 0.3) is 0 Å². The highest BCUT2D eigenvalue weighted by atomic mass is 19.1. The van der Waals surface area contributed by atoms with Crippen molar-refractivity contribution >= 4 is 5.97 Å². The zero-order valence-corrected chi connectivity index (χ0v) is 16.8. The number of carbonyl (C=O) groups is 1. The van der Waals surface area contributed by atoms with Crippen molar-refractivity contribution < 1.29 is 28.1 Å². The Morgan fingerprint density at radius 3 is 2.62 bits per heavy atom. The van der Waals surface area contributed by atoms with Crippen LogP contribution in [0.5, 0.6) is 0 Å². The predicted octanol–water partition coefficient (Wildman–Crippen LogP) is 4.50. The summed E-state index contributed by atoms with van der Waals surface area (Å²) >= 11 is 0. The van der Waals surface area contributed by atoms with Gasteiger partial charge in [0.05, 0.1) is 18.8 Å². The lowest BCUT2D eigenvalue weighted by atomic mass is 10.1. The van der Waals surface area contributed by atoms with E-state index in [4.69, 9.17) is 18.9 Å². The van der Waals surface area contributed by atoms with Crippen LogP contribution in [0.4, 0.5) is 4.39 Å². The van der Waals surface area contributed by atoms with E-state index in [1.54, 1.807) is 49.4 Å². The number of ether oxygens (including phenoxy) is 4. The van der Waals surface area contributed by atoms with Gasteiger partial charge in [0.15, 0.2) is 6.29 Å². The molecular formula is C23H27FO5. The van der Waals surface area contributed by atoms with E-state index in [9.17, 15) is 9.18 Å². The lowest BCUT2D eigenvalue weighted by molar-refractivity contribution is -0.280. The molecule has 6 heteroatoms. The van der Waals surface area contributed by atoms with Crippen LogP contribution in [0.15, 0.2) is 54.6 Å². The third-order valence-electron chi connectivity index (χ3n) is 4.82. The molecule has 1 saturated heterocycles. The van der Waals surface area contributed by atoms with Crippen LogP contribution in [-0.4, -0.2) is 37.2 Å². The minimum absolute atomic E-state index is 0.0817. The summed E-state index contributed by atoms with van der Waals surface area (Å²) in [4.78, 5) is 12.4. The van der Waals surface area contributed by atoms with Crippen molar-refractivity contribution in [3.05, 3.63) is 71.5 Å². The highest BCUT2D eigenvalue weighted by Gasteiger charge is 2.38. The first-order valence-corrected chi connectivity index (χ1v) is 9.96. The van der Waals surface area contributed by atoms with E-state index >= 15 is 0 Å². The van der Waals surface area contributed by atoms with Crippen molar-refractivity contribution in [3.8, 4) is 0 Å². The zero-order valence-electron chi connectivity index (χ0n) is 16.8. The summed E-state index contributed by atoms with van der Waals surface area (Å²) in [6, 6.07) is 15.3. The van der Waals surface area contributed by atoms with E-state index in [-0.39, 0.29) is 25.3 Å². The normalized spacial score (nSPS) is 22.8. The van der Waals surface area contributed by atoms with Crippen molar-refractivity contribution in [2.45, 2.75) is 57.9 Å². The van der Waals surface area contributed by atoms with Crippen LogP contribution in [0, 0.1) is 5.82 Å². The van der Waals surface area contributed by atoms with Gasteiger partial charge in [-0.15, -0.1) is 0 Å². The summed E-state index contributed by atoms with van der Waals surface area (Å²) in [6.45, 7) is 4.19. The molecule has 2 aromatic rings. The number of hydrogen-bond donors (Lipinski definition) is 0. The SMILES string of the molecule is CCC[C@H]1OC[C@@H](OCc2ccccc2F)[C@@H](C(C)OC(=O)c2ccccc2)O1. The Bertz CT molecular complexity index is 782. The van der Waals surface area contributed by atoms with E-state index in [1.807, 2.05) is 13.0 Å². The third kappa shape index (κ3) is 5.85. The Labute approximate surface area is 170 Å². The number of rotatable bonds is 8. The molecule has 3 rings (SSSR count). The largest absolute Gasteiger partial charge is 0.456 e. The van der Waals surface area contributed by atoms with E-state index < -0.39 is 24.3 Å². The second-order valence-corrected chi connectivity index (χ2v) is 7.07. The first kappa shape index (κ1) is 21.4. The molecule has 4 atom stereocenters. The molecule has 1 fully saturated rings. The highest BCUT2D eigenvalue weighted by molar-refractivity contribution is 5.89. The van der Waals surface area contributed by atoms with Crippen molar-refractivity contribution in [1.82, 2.24) is 0 Å². The predicted molar refractivity (Wildman–Crippen MR) is 106 cm³/mol. The minimum Gasteiger partial charge on any atom is -0.456 e. The Hall–Kier alpha value is -2.28. The van der Waals surface area contributed by atoms with Crippen LogP contribution in [-0.2, 0) is 25.6 Å². The van der Waals surface area contributed by atoms with Gasteiger partial charge in [0.2, 0.25) is 0 Å². The summed E-state index contributed by atoms with van der Waals surface area (Å²) in [6.07, 6.45) is -0.305. The fraction of sp³-hybridized carbons (Fsp3) is 0.435. The van der Waals surface area contributed by atoms with Gasteiger partial charge in [-0.05, 0) is 31.5 Å². The fourth-order valence-corrected chi connectivity index (χ4v) is 3.23. The van der Waals surface area contributed by atoms with Crippen LogP contribution >= 0.6 is 0 Å². The van der Waals surface area contributed by atoms with Crippen LogP contribution in [0.1, 0.15) is 42.6 Å². The maximum atomic E-state index is 13.9. The molecule has 0 spiro atoms. The molecule has 0 N–H and O–H groups in total. The van der Waals surface area contributed by atoms with Gasteiger partial charge in [0.25, 0.3) is 0 Å².